The van der Waals surface area contributed by atoms with Gasteiger partial charge in [0, 0.05) is 11.8 Å². The highest BCUT2D eigenvalue weighted by Gasteiger charge is 2.07. The summed E-state index contributed by atoms with van der Waals surface area (Å²) in [5, 5.41) is 6.48. The molecule has 0 saturated heterocycles. The number of rotatable bonds is 3. The van der Waals surface area contributed by atoms with Crippen LogP contribution in [-0.2, 0) is 11.3 Å². The van der Waals surface area contributed by atoms with Crippen molar-refractivity contribution in [2.24, 2.45) is 0 Å². The summed E-state index contributed by atoms with van der Waals surface area (Å²) < 4.78 is 14.4. The second-order valence-corrected chi connectivity index (χ2v) is 4.48. The number of anilines is 1. The highest BCUT2D eigenvalue weighted by atomic mass is 19.1. The number of nitrogens with zero attached hydrogens (tertiary/aromatic N) is 2. The molecular formula is C14H14FN3O2. The van der Waals surface area contributed by atoms with Crippen LogP contribution in [0.1, 0.15) is 11.3 Å². The van der Waals surface area contributed by atoms with Gasteiger partial charge in [0.15, 0.2) is 0 Å². The Labute approximate surface area is 115 Å². The zero-order valence-corrected chi connectivity index (χ0v) is 11.2. The number of aromatic nitrogens is 2. The van der Waals surface area contributed by atoms with Crippen LogP contribution >= 0.6 is 0 Å². The molecule has 0 atom stereocenters. The van der Waals surface area contributed by atoms with E-state index in [0.717, 1.165) is 4.68 Å². The van der Waals surface area contributed by atoms with E-state index in [1.165, 1.54) is 12.1 Å². The van der Waals surface area contributed by atoms with Gasteiger partial charge in [-0.25, -0.2) is 9.07 Å². The molecule has 104 valence electrons. The minimum atomic E-state index is -0.437. The van der Waals surface area contributed by atoms with Gasteiger partial charge in [0.1, 0.15) is 12.4 Å². The van der Waals surface area contributed by atoms with Crippen molar-refractivity contribution in [3.63, 3.8) is 0 Å². The van der Waals surface area contributed by atoms with Crippen LogP contribution in [0.5, 0.6) is 0 Å². The number of halogens is 1. The number of benzene rings is 1. The molecule has 0 saturated carbocycles. The van der Waals surface area contributed by atoms with Gasteiger partial charge in [0.2, 0.25) is 5.91 Å². The SMILES string of the molecule is Cc1ccc(=O)n(CC(=O)Nc2ccc(C)c(F)c2)n1. The first kappa shape index (κ1) is 13.9. The molecule has 0 radical (unpaired) electrons. The Balaban J connectivity index is 2.11. The van der Waals surface area contributed by atoms with E-state index < -0.39 is 11.7 Å². The highest BCUT2D eigenvalue weighted by molar-refractivity contribution is 5.90. The fourth-order valence-electron chi connectivity index (χ4n) is 1.67. The van der Waals surface area contributed by atoms with Crippen LogP contribution in [0.4, 0.5) is 10.1 Å². The number of carbonyl (C=O) groups excluding carboxylic acids is 1. The molecule has 1 aromatic carbocycles. The van der Waals surface area contributed by atoms with Crippen molar-refractivity contribution in [3.05, 3.63) is 57.8 Å². The number of carbonyl (C=O) groups is 1. The van der Waals surface area contributed by atoms with Crippen LogP contribution in [0.2, 0.25) is 0 Å². The summed E-state index contributed by atoms with van der Waals surface area (Å²) in [6, 6.07) is 7.33. The zero-order chi connectivity index (χ0) is 14.7. The van der Waals surface area contributed by atoms with Crippen molar-refractivity contribution < 1.29 is 9.18 Å². The van der Waals surface area contributed by atoms with E-state index in [1.807, 2.05) is 0 Å². The lowest BCUT2D eigenvalue weighted by Crippen LogP contribution is -2.29. The molecule has 0 aliphatic carbocycles. The highest BCUT2D eigenvalue weighted by Crippen LogP contribution is 2.13. The molecule has 0 unspecified atom stereocenters. The molecule has 2 aromatic rings. The Morgan fingerprint density at radius 2 is 2.05 bits per heavy atom. The van der Waals surface area contributed by atoms with E-state index >= 15 is 0 Å². The van der Waals surface area contributed by atoms with E-state index in [4.69, 9.17) is 0 Å². The number of amides is 1. The van der Waals surface area contributed by atoms with E-state index in [1.54, 1.807) is 32.0 Å². The minimum absolute atomic E-state index is 0.212. The van der Waals surface area contributed by atoms with E-state index in [0.29, 0.717) is 16.9 Å². The molecule has 0 aliphatic heterocycles. The fraction of sp³-hybridized carbons (Fsp3) is 0.214. The second-order valence-electron chi connectivity index (χ2n) is 4.48. The summed E-state index contributed by atoms with van der Waals surface area (Å²) in [6.07, 6.45) is 0. The Kier molecular flexibility index (Phi) is 3.93. The van der Waals surface area contributed by atoms with Gasteiger partial charge in [-0.2, -0.15) is 5.10 Å². The standard InChI is InChI=1S/C14H14FN3O2/c1-9-3-5-11(7-12(9)15)16-13(19)8-18-14(20)6-4-10(2)17-18/h3-7H,8H2,1-2H3,(H,16,19). The van der Waals surface area contributed by atoms with Crippen LogP contribution in [-0.4, -0.2) is 15.7 Å². The molecule has 1 N–H and O–H groups in total. The maximum absolute atomic E-state index is 13.4. The van der Waals surface area contributed by atoms with Crippen LogP contribution < -0.4 is 10.9 Å². The molecule has 0 aliphatic rings. The number of hydrogen-bond donors (Lipinski definition) is 1. The molecule has 0 fully saturated rings. The second kappa shape index (κ2) is 5.64. The molecule has 0 bridgehead atoms. The molecule has 1 aromatic heterocycles. The van der Waals surface area contributed by atoms with Gasteiger partial charge in [0.05, 0.1) is 5.69 Å². The van der Waals surface area contributed by atoms with E-state index in [2.05, 4.69) is 10.4 Å². The summed E-state index contributed by atoms with van der Waals surface area (Å²) in [4.78, 5) is 23.3. The third kappa shape index (κ3) is 3.28. The first-order valence-corrected chi connectivity index (χ1v) is 6.06. The lowest BCUT2D eigenvalue weighted by Gasteiger charge is -2.07. The topological polar surface area (TPSA) is 64.0 Å². The molecule has 5 nitrogen and oxygen atoms in total. The Hall–Kier alpha value is -2.50. The van der Waals surface area contributed by atoms with Crippen molar-refractivity contribution in [2.75, 3.05) is 5.32 Å². The Morgan fingerprint density at radius 1 is 1.30 bits per heavy atom. The number of hydrogen-bond acceptors (Lipinski definition) is 3. The van der Waals surface area contributed by atoms with Crippen molar-refractivity contribution in [1.29, 1.82) is 0 Å². The van der Waals surface area contributed by atoms with E-state index in [-0.39, 0.29) is 12.1 Å². The van der Waals surface area contributed by atoms with Gasteiger partial charge in [-0.15, -0.1) is 0 Å². The lowest BCUT2D eigenvalue weighted by molar-refractivity contribution is -0.117. The summed E-state index contributed by atoms with van der Waals surface area (Å²) >= 11 is 0. The van der Waals surface area contributed by atoms with Gasteiger partial charge in [-0.3, -0.25) is 9.59 Å². The third-order valence-corrected chi connectivity index (χ3v) is 2.75. The monoisotopic (exact) mass is 275 g/mol. The third-order valence-electron chi connectivity index (χ3n) is 2.75. The zero-order valence-electron chi connectivity index (χ0n) is 11.2. The summed E-state index contributed by atoms with van der Waals surface area (Å²) in [7, 11) is 0. The molecule has 2 rings (SSSR count). The van der Waals surface area contributed by atoms with Crippen LogP contribution in [0.15, 0.2) is 35.1 Å². The average Bonchev–Trinajstić information content (AvgIpc) is 2.38. The molecule has 1 heterocycles. The van der Waals surface area contributed by atoms with Gasteiger partial charge in [-0.1, -0.05) is 6.07 Å². The summed E-state index contributed by atoms with van der Waals surface area (Å²) in [5.41, 5.74) is 1.12. The van der Waals surface area contributed by atoms with Crippen molar-refractivity contribution in [2.45, 2.75) is 20.4 Å². The first-order valence-electron chi connectivity index (χ1n) is 6.06. The maximum Gasteiger partial charge on any atom is 0.267 e. The predicted molar refractivity (Wildman–Crippen MR) is 73.0 cm³/mol. The fourth-order valence-corrected chi connectivity index (χ4v) is 1.67. The Morgan fingerprint density at radius 3 is 2.75 bits per heavy atom. The average molecular weight is 275 g/mol. The normalized spacial score (nSPS) is 10.3. The first-order chi connectivity index (χ1) is 9.45. The number of nitrogens with one attached hydrogen (secondary N) is 1. The molecule has 1 amide bonds. The lowest BCUT2D eigenvalue weighted by atomic mass is 10.2. The molecule has 6 heteroatoms. The van der Waals surface area contributed by atoms with Crippen LogP contribution in [0, 0.1) is 19.7 Å². The van der Waals surface area contributed by atoms with Gasteiger partial charge < -0.3 is 5.32 Å². The maximum atomic E-state index is 13.4. The molecular weight excluding hydrogens is 261 g/mol. The van der Waals surface area contributed by atoms with Crippen molar-refractivity contribution in [1.82, 2.24) is 9.78 Å². The van der Waals surface area contributed by atoms with E-state index in [9.17, 15) is 14.0 Å². The van der Waals surface area contributed by atoms with Gasteiger partial charge in [-0.05, 0) is 37.6 Å². The van der Waals surface area contributed by atoms with Crippen LogP contribution in [0.3, 0.4) is 0 Å². The summed E-state index contributed by atoms with van der Waals surface area (Å²) in [6.45, 7) is 3.15. The largest absolute Gasteiger partial charge is 0.324 e. The molecule has 20 heavy (non-hydrogen) atoms. The summed E-state index contributed by atoms with van der Waals surface area (Å²) in [5.74, 6) is -0.831. The Bertz CT molecular complexity index is 710. The van der Waals surface area contributed by atoms with Crippen LogP contribution in [0.25, 0.3) is 0 Å². The smallest absolute Gasteiger partial charge is 0.267 e. The van der Waals surface area contributed by atoms with Gasteiger partial charge in [0.25, 0.3) is 5.56 Å². The number of aryl methyl sites for hydroxylation is 2. The quantitative estimate of drug-likeness (QED) is 0.926. The predicted octanol–water partition coefficient (Wildman–Crippen LogP) is 1.64. The van der Waals surface area contributed by atoms with Crippen molar-refractivity contribution >= 4 is 11.6 Å². The molecule has 0 spiro atoms. The minimum Gasteiger partial charge on any atom is -0.324 e. The van der Waals surface area contributed by atoms with Gasteiger partial charge >= 0.3 is 0 Å². The van der Waals surface area contributed by atoms with Crippen molar-refractivity contribution in [3.8, 4) is 0 Å².